The van der Waals surface area contributed by atoms with Crippen LogP contribution in [0.3, 0.4) is 0 Å². The van der Waals surface area contributed by atoms with Crippen molar-refractivity contribution in [3.05, 3.63) is 60.2 Å². The van der Waals surface area contributed by atoms with Crippen LogP contribution in [0.5, 0.6) is 5.75 Å². The Morgan fingerprint density at radius 3 is 2.42 bits per heavy atom. The van der Waals surface area contributed by atoms with E-state index in [9.17, 15) is 0 Å². The maximum Gasteiger partial charge on any atom is 0.132 e. The molecule has 1 unspecified atom stereocenters. The maximum absolute atomic E-state index is 5.89. The van der Waals surface area contributed by atoms with Gasteiger partial charge in [0.15, 0.2) is 0 Å². The summed E-state index contributed by atoms with van der Waals surface area (Å²) in [4.78, 5) is 1.17. The second-order valence-electron chi connectivity index (χ2n) is 4.31. The predicted octanol–water partition coefficient (Wildman–Crippen LogP) is 3.53. The van der Waals surface area contributed by atoms with Gasteiger partial charge in [-0.3, -0.25) is 0 Å². The fraction of sp³-hybridized carbons (Fsp3) is 0.250. The third-order valence-electron chi connectivity index (χ3n) is 3.06. The molecule has 0 bridgehead atoms. The second kappa shape index (κ2) is 7.22. The van der Waals surface area contributed by atoms with Gasteiger partial charge in [-0.2, -0.15) is 0 Å². The second-order valence-corrected chi connectivity index (χ2v) is 5.37. The van der Waals surface area contributed by atoms with E-state index >= 15 is 0 Å². The van der Waals surface area contributed by atoms with Gasteiger partial charge in [0.1, 0.15) is 5.75 Å². The Morgan fingerprint density at radius 2 is 1.74 bits per heavy atom. The summed E-state index contributed by atoms with van der Waals surface area (Å²) in [5.41, 5.74) is 7.19. The summed E-state index contributed by atoms with van der Waals surface area (Å²) < 4.78 is 5.36. The molecule has 0 spiro atoms. The lowest BCUT2D eigenvalue weighted by atomic mass is 10.0. The van der Waals surface area contributed by atoms with Gasteiger partial charge in [-0.25, -0.2) is 0 Å². The monoisotopic (exact) mass is 273 g/mol. The van der Waals surface area contributed by atoms with Gasteiger partial charge in [-0.1, -0.05) is 42.5 Å². The zero-order chi connectivity index (χ0) is 13.5. The first-order valence-electron chi connectivity index (χ1n) is 6.36. The third-order valence-corrected chi connectivity index (χ3v) is 4.28. The average Bonchev–Trinajstić information content (AvgIpc) is 2.49. The predicted molar refractivity (Wildman–Crippen MR) is 82.0 cm³/mol. The van der Waals surface area contributed by atoms with Crippen molar-refractivity contribution in [2.75, 3.05) is 19.4 Å². The Bertz CT molecular complexity index is 501. The van der Waals surface area contributed by atoms with Crippen molar-refractivity contribution in [2.24, 2.45) is 5.73 Å². The van der Waals surface area contributed by atoms with E-state index in [0.29, 0.717) is 12.5 Å². The molecule has 0 aliphatic rings. The molecule has 0 heterocycles. The molecule has 2 aromatic rings. The van der Waals surface area contributed by atoms with Gasteiger partial charge in [0.2, 0.25) is 0 Å². The Morgan fingerprint density at radius 1 is 1.05 bits per heavy atom. The Hall–Kier alpha value is -1.45. The zero-order valence-corrected chi connectivity index (χ0v) is 11.9. The summed E-state index contributed by atoms with van der Waals surface area (Å²) in [6.07, 6.45) is 0. The van der Waals surface area contributed by atoms with Crippen LogP contribution < -0.4 is 10.5 Å². The molecule has 2 rings (SSSR count). The average molecular weight is 273 g/mol. The standard InChI is InChI=1S/C16H19NOS/c1-18-15-9-5-6-10-16(15)19-12-14(11-17)13-7-3-2-4-8-13/h2-10,14H,11-12,17H2,1H3. The number of hydrogen-bond donors (Lipinski definition) is 1. The molecule has 0 amide bonds. The largest absolute Gasteiger partial charge is 0.496 e. The minimum Gasteiger partial charge on any atom is -0.496 e. The number of rotatable bonds is 6. The fourth-order valence-electron chi connectivity index (χ4n) is 1.95. The summed E-state index contributed by atoms with van der Waals surface area (Å²) in [7, 11) is 1.71. The molecule has 3 heteroatoms. The molecule has 0 saturated carbocycles. The van der Waals surface area contributed by atoms with Crippen molar-refractivity contribution in [1.29, 1.82) is 0 Å². The number of thioether (sulfide) groups is 1. The SMILES string of the molecule is COc1ccccc1SCC(CN)c1ccccc1. The topological polar surface area (TPSA) is 35.2 Å². The molecule has 0 fully saturated rings. The molecule has 1 atom stereocenters. The Kier molecular flexibility index (Phi) is 5.31. The first-order chi connectivity index (χ1) is 9.35. The van der Waals surface area contributed by atoms with Crippen LogP contribution in [0.25, 0.3) is 0 Å². The van der Waals surface area contributed by atoms with E-state index in [1.807, 2.05) is 24.3 Å². The number of hydrogen-bond acceptors (Lipinski definition) is 3. The molecule has 0 radical (unpaired) electrons. The van der Waals surface area contributed by atoms with Crippen molar-refractivity contribution >= 4 is 11.8 Å². The van der Waals surface area contributed by atoms with Crippen LogP contribution in [0.2, 0.25) is 0 Å². The third kappa shape index (κ3) is 3.75. The van der Waals surface area contributed by atoms with Gasteiger partial charge in [-0.05, 0) is 24.2 Å². The van der Waals surface area contributed by atoms with Crippen LogP contribution in [0.1, 0.15) is 11.5 Å². The van der Waals surface area contributed by atoms with Gasteiger partial charge in [0.25, 0.3) is 0 Å². The van der Waals surface area contributed by atoms with Crippen molar-refractivity contribution in [1.82, 2.24) is 0 Å². The van der Waals surface area contributed by atoms with Crippen LogP contribution in [-0.2, 0) is 0 Å². The molecule has 2 N–H and O–H groups in total. The highest BCUT2D eigenvalue weighted by Crippen LogP contribution is 2.32. The summed E-state index contributed by atoms with van der Waals surface area (Å²) in [6.45, 7) is 0.659. The summed E-state index contributed by atoms with van der Waals surface area (Å²) in [5, 5.41) is 0. The molecule has 0 saturated heterocycles. The van der Waals surface area contributed by atoms with Crippen LogP contribution in [-0.4, -0.2) is 19.4 Å². The lowest BCUT2D eigenvalue weighted by Gasteiger charge is -2.15. The molecule has 0 aliphatic heterocycles. The number of para-hydroxylation sites is 1. The molecular weight excluding hydrogens is 254 g/mol. The van der Waals surface area contributed by atoms with Crippen molar-refractivity contribution < 1.29 is 4.74 Å². The van der Waals surface area contributed by atoms with E-state index in [-0.39, 0.29) is 0 Å². The van der Waals surface area contributed by atoms with Crippen molar-refractivity contribution in [3.8, 4) is 5.75 Å². The van der Waals surface area contributed by atoms with Crippen molar-refractivity contribution in [2.45, 2.75) is 10.8 Å². The van der Waals surface area contributed by atoms with Gasteiger partial charge in [-0.15, -0.1) is 11.8 Å². The quantitative estimate of drug-likeness (QED) is 0.818. The van der Waals surface area contributed by atoms with E-state index in [0.717, 1.165) is 11.5 Å². The normalized spacial score (nSPS) is 12.1. The number of ether oxygens (including phenoxy) is 1. The summed E-state index contributed by atoms with van der Waals surface area (Å²) in [5.74, 6) is 2.26. The lowest BCUT2D eigenvalue weighted by molar-refractivity contribution is 0.405. The van der Waals surface area contributed by atoms with Crippen molar-refractivity contribution in [3.63, 3.8) is 0 Å². The highest BCUT2D eigenvalue weighted by molar-refractivity contribution is 7.99. The summed E-state index contributed by atoms with van der Waals surface area (Å²) in [6, 6.07) is 18.5. The Balaban J connectivity index is 2.04. The van der Waals surface area contributed by atoms with Gasteiger partial charge in [0.05, 0.1) is 7.11 Å². The van der Waals surface area contributed by atoms with Crippen LogP contribution >= 0.6 is 11.8 Å². The zero-order valence-electron chi connectivity index (χ0n) is 11.1. The van der Waals surface area contributed by atoms with E-state index < -0.39 is 0 Å². The minimum absolute atomic E-state index is 0.371. The molecule has 100 valence electrons. The molecule has 2 aromatic carbocycles. The summed E-state index contributed by atoms with van der Waals surface area (Å²) >= 11 is 1.79. The Labute approximate surface area is 119 Å². The molecule has 2 nitrogen and oxygen atoms in total. The van der Waals surface area contributed by atoms with Crippen LogP contribution in [0.15, 0.2) is 59.5 Å². The number of nitrogens with two attached hydrogens (primary N) is 1. The first-order valence-corrected chi connectivity index (χ1v) is 7.34. The van der Waals surface area contributed by atoms with E-state index in [1.54, 1.807) is 18.9 Å². The van der Waals surface area contributed by atoms with Crippen LogP contribution in [0.4, 0.5) is 0 Å². The van der Waals surface area contributed by atoms with Gasteiger partial charge < -0.3 is 10.5 Å². The molecular formula is C16H19NOS. The van der Waals surface area contributed by atoms with Gasteiger partial charge in [0, 0.05) is 16.6 Å². The lowest BCUT2D eigenvalue weighted by Crippen LogP contribution is -2.14. The van der Waals surface area contributed by atoms with E-state index in [4.69, 9.17) is 10.5 Å². The molecule has 19 heavy (non-hydrogen) atoms. The fourth-order valence-corrected chi connectivity index (χ4v) is 3.13. The smallest absolute Gasteiger partial charge is 0.132 e. The van der Waals surface area contributed by atoms with E-state index in [1.165, 1.54) is 10.5 Å². The number of methoxy groups -OCH3 is 1. The highest BCUT2D eigenvalue weighted by atomic mass is 32.2. The maximum atomic E-state index is 5.89. The molecule has 0 aromatic heterocycles. The number of benzene rings is 2. The molecule has 0 aliphatic carbocycles. The first kappa shape index (κ1) is 14.0. The minimum atomic E-state index is 0.371. The highest BCUT2D eigenvalue weighted by Gasteiger charge is 2.11. The van der Waals surface area contributed by atoms with Crippen LogP contribution in [0, 0.1) is 0 Å². The van der Waals surface area contributed by atoms with Gasteiger partial charge >= 0.3 is 0 Å². The van der Waals surface area contributed by atoms with E-state index in [2.05, 4.69) is 30.3 Å².